The van der Waals surface area contributed by atoms with Crippen molar-refractivity contribution in [1.82, 2.24) is 10.2 Å². The molecule has 2 atom stereocenters. The van der Waals surface area contributed by atoms with Gasteiger partial charge in [-0.05, 0) is 54.9 Å². The third-order valence-corrected chi connectivity index (χ3v) is 7.75. The van der Waals surface area contributed by atoms with Crippen LogP contribution in [0.3, 0.4) is 0 Å². The summed E-state index contributed by atoms with van der Waals surface area (Å²) in [4.78, 5) is 27.5. The molecule has 3 rings (SSSR count). The number of nitriles is 1. The van der Waals surface area contributed by atoms with Gasteiger partial charge in [0.05, 0.1) is 21.5 Å². The van der Waals surface area contributed by atoms with Gasteiger partial charge >= 0.3 is 0 Å². The lowest BCUT2D eigenvalue weighted by molar-refractivity contribution is -0.138. The van der Waals surface area contributed by atoms with Crippen LogP contribution in [0.4, 0.5) is 0 Å². The molecule has 5 nitrogen and oxygen atoms in total. The first-order chi connectivity index (χ1) is 16.8. The molecule has 0 unspecified atom stereocenters. The Kier molecular flexibility index (Phi) is 9.60. The standard InChI is InChI=1S/C28H33Cl2N3O2/c1-20(2)28(19-31,22-9-4-3-5-10-22)15-7-6-12-26(34)33-16-8-11-25(33)27(35)32-18-21-13-14-23(29)24(30)17-21/h3-5,9-10,13-14,17,20,25H,6-8,11-12,15-16,18H2,1-2H3,(H,32,35)/t25-,28+/m1/s1. The van der Waals surface area contributed by atoms with E-state index in [0.29, 0.717) is 48.8 Å². The Balaban J connectivity index is 1.52. The van der Waals surface area contributed by atoms with Gasteiger partial charge in [-0.2, -0.15) is 5.26 Å². The SMILES string of the molecule is CC(C)[C@@](C#N)(CCCCC(=O)N1CCC[C@@H]1C(=O)NCc1ccc(Cl)c(Cl)c1)c1ccccc1. The van der Waals surface area contributed by atoms with Crippen molar-refractivity contribution in [2.75, 3.05) is 6.54 Å². The molecule has 1 N–H and O–H groups in total. The van der Waals surface area contributed by atoms with E-state index < -0.39 is 11.5 Å². The van der Waals surface area contributed by atoms with Gasteiger partial charge in [0.25, 0.3) is 0 Å². The molecule has 1 aliphatic rings. The zero-order valence-corrected chi connectivity index (χ0v) is 21.9. The van der Waals surface area contributed by atoms with Gasteiger partial charge in [-0.15, -0.1) is 0 Å². The molecule has 0 bridgehead atoms. The molecule has 0 radical (unpaired) electrons. The molecule has 1 aliphatic heterocycles. The number of carbonyl (C=O) groups is 2. The first kappa shape index (κ1) is 27.0. The predicted molar refractivity (Wildman–Crippen MR) is 140 cm³/mol. The number of likely N-dealkylation sites (tertiary alicyclic amines) is 1. The van der Waals surface area contributed by atoms with Crippen LogP contribution in [-0.2, 0) is 21.5 Å². The maximum absolute atomic E-state index is 13.0. The average Bonchev–Trinajstić information content (AvgIpc) is 3.35. The van der Waals surface area contributed by atoms with Crippen molar-refractivity contribution in [3.05, 3.63) is 69.7 Å². The largest absolute Gasteiger partial charge is 0.350 e. The number of unbranched alkanes of at least 4 members (excludes halogenated alkanes) is 1. The minimum Gasteiger partial charge on any atom is -0.350 e. The Morgan fingerprint density at radius 3 is 2.54 bits per heavy atom. The number of nitrogens with one attached hydrogen (secondary N) is 1. The van der Waals surface area contributed by atoms with E-state index in [2.05, 4.69) is 25.2 Å². The summed E-state index contributed by atoms with van der Waals surface area (Å²) >= 11 is 12.0. The average molecular weight is 514 g/mol. The number of benzene rings is 2. The fourth-order valence-electron chi connectivity index (χ4n) is 4.87. The molecular weight excluding hydrogens is 481 g/mol. The van der Waals surface area contributed by atoms with Crippen LogP contribution in [0, 0.1) is 17.2 Å². The number of nitrogens with zero attached hydrogens (tertiary/aromatic N) is 2. The minimum atomic E-state index is -0.565. The third-order valence-electron chi connectivity index (χ3n) is 7.01. The Hall–Kier alpha value is -2.55. The lowest BCUT2D eigenvalue weighted by atomic mass is 9.69. The fourth-order valence-corrected chi connectivity index (χ4v) is 5.19. The molecular formula is C28H33Cl2N3O2. The van der Waals surface area contributed by atoms with Crippen LogP contribution in [0.15, 0.2) is 48.5 Å². The summed E-state index contributed by atoms with van der Waals surface area (Å²) in [5.74, 6) is 0.0195. The van der Waals surface area contributed by atoms with Crippen molar-refractivity contribution in [1.29, 1.82) is 5.26 Å². The molecule has 186 valence electrons. The van der Waals surface area contributed by atoms with E-state index in [1.807, 2.05) is 36.4 Å². The lowest BCUT2D eigenvalue weighted by Gasteiger charge is -2.31. The molecule has 7 heteroatoms. The molecule has 1 saturated heterocycles. The Bertz CT molecular complexity index is 1070. The maximum Gasteiger partial charge on any atom is 0.243 e. The smallest absolute Gasteiger partial charge is 0.243 e. The first-order valence-corrected chi connectivity index (χ1v) is 13.0. The number of halogens is 2. The number of amides is 2. The summed E-state index contributed by atoms with van der Waals surface area (Å²) in [5, 5.41) is 13.9. The molecule has 0 spiro atoms. The summed E-state index contributed by atoms with van der Waals surface area (Å²) in [6.07, 6.45) is 4.02. The van der Waals surface area contributed by atoms with Gasteiger partial charge in [-0.1, -0.05) is 79.9 Å². The van der Waals surface area contributed by atoms with Gasteiger partial charge in [0.2, 0.25) is 11.8 Å². The molecule has 0 aliphatic carbocycles. The van der Waals surface area contributed by atoms with Crippen LogP contribution in [0.2, 0.25) is 10.0 Å². The van der Waals surface area contributed by atoms with E-state index in [0.717, 1.165) is 24.0 Å². The zero-order chi connectivity index (χ0) is 25.4. The molecule has 1 fully saturated rings. The van der Waals surface area contributed by atoms with Crippen LogP contribution in [0.25, 0.3) is 0 Å². The second-order valence-corrected chi connectivity index (χ2v) is 10.3. The number of rotatable bonds is 10. The Labute approximate surface area is 218 Å². The number of hydrogen-bond acceptors (Lipinski definition) is 3. The Morgan fingerprint density at radius 2 is 1.89 bits per heavy atom. The highest BCUT2D eigenvalue weighted by Gasteiger charge is 2.36. The highest BCUT2D eigenvalue weighted by atomic mass is 35.5. The van der Waals surface area contributed by atoms with E-state index in [1.54, 1.807) is 17.0 Å². The van der Waals surface area contributed by atoms with E-state index in [9.17, 15) is 14.9 Å². The van der Waals surface area contributed by atoms with Gasteiger partial charge in [0, 0.05) is 19.5 Å². The number of carbonyl (C=O) groups excluding carboxylic acids is 2. The molecule has 0 aromatic heterocycles. The van der Waals surface area contributed by atoms with Crippen molar-refractivity contribution >= 4 is 35.0 Å². The van der Waals surface area contributed by atoms with Crippen molar-refractivity contribution in [2.45, 2.75) is 70.4 Å². The summed E-state index contributed by atoms with van der Waals surface area (Å²) < 4.78 is 0. The molecule has 1 heterocycles. The van der Waals surface area contributed by atoms with Crippen LogP contribution >= 0.6 is 23.2 Å². The molecule has 2 amide bonds. The van der Waals surface area contributed by atoms with E-state index in [-0.39, 0.29) is 17.7 Å². The van der Waals surface area contributed by atoms with Gasteiger partial charge < -0.3 is 10.2 Å². The summed E-state index contributed by atoms with van der Waals surface area (Å²) in [6, 6.07) is 17.3. The van der Waals surface area contributed by atoms with Crippen molar-refractivity contribution in [2.24, 2.45) is 5.92 Å². The van der Waals surface area contributed by atoms with E-state index in [4.69, 9.17) is 23.2 Å². The van der Waals surface area contributed by atoms with Crippen molar-refractivity contribution in [3.8, 4) is 6.07 Å². The fraction of sp³-hybridized carbons (Fsp3) is 0.464. The normalized spacial score (nSPS) is 17.1. The quantitative estimate of drug-likeness (QED) is 0.380. The summed E-state index contributed by atoms with van der Waals surface area (Å²) in [5.41, 5.74) is 1.32. The highest BCUT2D eigenvalue weighted by molar-refractivity contribution is 6.42. The third kappa shape index (κ3) is 6.57. The van der Waals surface area contributed by atoms with Crippen LogP contribution in [-0.4, -0.2) is 29.3 Å². The maximum atomic E-state index is 13.0. The molecule has 0 saturated carbocycles. The zero-order valence-electron chi connectivity index (χ0n) is 20.4. The molecule has 2 aromatic carbocycles. The lowest BCUT2D eigenvalue weighted by Crippen LogP contribution is -2.45. The van der Waals surface area contributed by atoms with Crippen LogP contribution < -0.4 is 5.32 Å². The van der Waals surface area contributed by atoms with Gasteiger partial charge in [-0.25, -0.2) is 0 Å². The second kappa shape index (κ2) is 12.4. The monoisotopic (exact) mass is 513 g/mol. The predicted octanol–water partition coefficient (Wildman–Crippen LogP) is 6.28. The van der Waals surface area contributed by atoms with Gasteiger partial charge in [-0.3, -0.25) is 9.59 Å². The summed E-state index contributed by atoms with van der Waals surface area (Å²) in [6.45, 7) is 5.08. The van der Waals surface area contributed by atoms with E-state index >= 15 is 0 Å². The summed E-state index contributed by atoms with van der Waals surface area (Å²) in [7, 11) is 0. The highest BCUT2D eigenvalue weighted by Crippen LogP contribution is 2.37. The van der Waals surface area contributed by atoms with Crippen molar-refractivity contribution in [3.63, 3.8) is 0 Å². The van der Waals surface area contributed by atoms with E-state index in [1.165, 1.54) is 0 Å². The van der Waals surface area contributed by atoms with Crippen LogP contribution in [0.5, 0.6) is 0 Å². The second-order valence-electron chi connectivity index (χ2n) is 9.52. The van der Waals surface area contributed by atoms with Crippen molar-refractivity contribution < 1.29 is 9.59 Å². The van der Waals surface area contributed by atoms with Crippen LogP contribution in [0.1, 0.15) is 63.5 Å². The first-order valence-electron chi connectivity index (χ1n) is 12.3. The van der Waals surface area contributed by atoms with Gasteiger partial charge in [0.15, 0.2) is 0 Å². The van der Waals surface area contributed by atoms with Gasteiger partial charge in [0.1, 0.15) is 6.04 Å². The minimum absolute atomic E-state index is 0.00371. The topological polar surface area (TPSA) is 73.2 Å². The number of hydrogen-bond donors (Lipinski definition) is 1. The Morgan fingerprint density at radius 1 is 1.14 bits per heavy atom. The molecule has 35 heavy (non-hydrogen) atoms. The molecule has 2 aromatic rings.